The molecule has 0 aromatic heterocycles. The molecule has 0 fully saturated rings. The van der Waals surface area contributed by atoms with Gasteiger partial charge < -0.3 is 10.1 Å². The number of amides is 1. The van der Waals surface area contributed by atoms with E-state index >= 15 is 0 Å². The Hall–Kier alpha value is -3.37. The predicted molar refractivity (Wildman–Crippen MR) is 139 cm³/mol. The maximum atomic E-state index is 13.5. The van der Waals surface area contributed by atoms with Gasteiger partial charge in [-0.2, -0.15) is 0 Å². The van der Waals surface area contributed by atoms with Crippen LogP contribution in [0.15, 0.2) is 88.7 Å². The van der Waals surface area contributed by atoms with Gasteiger partial charge in [-0.3, -0.25) is 9.10 Å². The van der Waals surface area contributed by atoms with Crippen LogP contribution in [-0.2, 0) is 24.7 Å². The number of hydrogen-bond acceptors (Lipinski definition) is 6. The molecular weight excluding hydrogens is 500 g/mol. The SMILES string of the molecule is CCOc1ccc(N(CC(=O)NC(CC)c2ccc(S(C)(=O)=O)cc2)S(=O)(=O)c2ccccc2)cc1. The topological polar surface area (TPSA) is 110 Å². The van der Waals surface area contributed by atoms with Crippen molar-refractivity contribution >= 4 is 31.5 Å². The van der Waals surface area contributed by atoms with Crippen molar-refractivity contribution in [1.29, 1.82) is 0 Å². The van der Waals surface area contributed by atoms with Crippen LogP contribution in [0.3, 0.4) is 0 Å². The normalized spacial score (nSPS) is 12.5. The molecular formula is C26H30N2O6S2. The fourth-order valence-corrected chi connectivity index (χ4v) is 5.72. The van der Waals surface area contributed by atoms with Gasteiger partial charge in [-0.25, -0.2) is 16.8 Å². The molecule has 0 aliphatic heterocycles. The van der Waals surface area contributed by atoms with Gasteiger partial charge in [-0.15, -0.1) is 0 Å². The third kappa shape index (κ3) is 6.64. The van der Waals surface area contributed by atoms with Crippen LogP contribution in [0, 0.1) is 0 Å². The molecule has 0 aliphatic rings. The number of sulfonamides is 1. The first kappa shape index (κ1) is 27.2. The number of nitrogens with zero attached hydrogens (tertiary/aromatic N) is 1. The summed E-state index contributed by atoms with van der Waals surface area (Å²) in [6.07, 6.45) is 1.65. The highest BCUT2D eigenvalue weighted by atomic mass is 32.2. The summed E-state index contributed by atoms with van der Waals surface area (Å²) in [6, 6.07) is 20.3. The molecule has 3 aromatic carbocycles. The Balaban J connectivity index is 1.88. The highest BCUT2D eigenvalue weighted by molar-refractivity contribution is 7.93. The fraction of sp³-hybridized carbons (Fsp3) is 0.269. The minimum Gasteiger partial charge on any atom is -0.494 e. The summed E-state index contributed by atoms with van der Waals surface area (Å²) in [5.74, 6) is 0.0915. The third-order valence-corrected chi connectivity index (χ3v) is 8.42. The summed E-state index contributed by atoms with van der Waals surface area (Å²) >= 11 is 0. The highest BCUT2D eigenvalue weighted by Gasteiger charge is 2.28. The monoisotopic (exact) mass is 530 g/mol. The van der Waals surface area contributed by atoms with E-state index in [1.54, 1.807) is 54.6 Å². The van der Waals surface area contributed by atoms with Gasteiger partial charge in [-0.1, -0.05) is 37.3 Å². The molecule has 0 bridgehead atoms. The van der Waals surface area contributed by atoms with Crippen LogP contribution in [-0.4, -0.2) is 42.2 Å². The first-order valence-electron chi connectivity index (χ1n) is 11.5. The number of carbonyl (C=O) groups is 1. The Bertz CT molecular complexity index is 1370. The number of rotatable bonds is 11. The second-order valence-electron chi connectivity index (χ2n) is 8.12. The lowest BCUT2D eigenvalue weighted by Crippen LogP contribution is -2.42. The summed E-state index contributed by atoms with van der Waals surface area (Å²) in [4.78, 5) is 13.4. The van der Waals surface area contributed by atoms with Crippen molar-refractivity contribution in [2.45, 2.75) is 36.1 Å². The van der Waals surface area contributed by atoms with Crippen molar-refractivity contribution in [3.63, 3.8) is 0 Å². The van der Waals surface area contributed by atoms with Crippen molar-refractivity contribution < 1.29 is 26.4 Å². The summed E-state index contributed by atoms with van der Waals surface area (Å²) in [6.45, 7) is 3.75. The summed E-state index contributed by atoms with van der Waals surface area (Å²) in [7, 11) is -7.38. The van der Waals surface area contributed by atoms with Crippen LogP contribution in [0.4, 0.5) is 5.69 Å². The molecule has 192 valence electrons. The second kappa shape index (κ2) is 11.6. The van der Waals surface area contributed by atoms with Crippen LogP contribution in [0.5, 0.6) is 5.75 Å². The average molecular weight is 531 g/mol. The number of anilines is 1. The van der Waals surface area contributed by atoms with E-state index in [0.29, 0.717) is 24.5 Å². The lowest BCUT2D eigenvalue weighted by molar-refractivity contribution is -0.120. The van der Waals surface area contributed by atoms with Crippen molar-refractivity contribution in [3.8, 4) is 5.75 Å². The molecule has 36 heavy (non-hydrogen) atoms. The molecule has 0 spiro atoms. The Morgan fingerprint density at radius 2 is 1.47 bits per heavy atom. The quantitative estimate of drug-likeness (QED) is 0.402. The molecule has 0 saturated heterocycles. The van der Waals surface area contributed by atoms with Gasteiger partial charge in [0.2, 0.25) is 5.91 Å². The zero-order chi connectivity index (χ0) is 26.3. The van der Waals surface area contributed by atoms with Crippen molar-refractivity contribution in [3.05, 3.63) is 84.4 Å². The first-order valence-corrected chi connectivity index (χ1v) is 14.8. The fourth-order valence-electron chi connectivity index (χ4n) is 3.65. The predicted octanol–water partition coefficient (Wildman–Crippen LogP) is 3.95. The molecule has 1 amide bonds. The van der Waals surface area contributed by atoms with Crippen molar-refractivity contribution in [2.75, 3.05) is 23.7 Å². The third-order valence-electron chi connectivity index (χ3n) is 5.51. The standard InChI is InChI=1S/C26H30N2O6S2/c1-4-25(20-11-17-23(18-12-20)35(3,30)31)27-26(29)19-28(21-13-15-22(16-14-21)34-5-2)36(32,33)24-9-7-6-8-10-24/h6-18,25H,4-5,19H2,1-3H3,(H,27,29). The van der Waals surface area contributed by atoms with E-state index in [1.165, 1.54) is 24.3 Å². The Morgan fingerprint density at radius 1 is 0.861 bits per heavy atom. The van der Waals surface area contributed by atoms with E-state index < -0.39 is 38.4 Å². The molecule has 8 nitrogen and oxygen atoms in total. The summed E-state index contributed by atoms with van der Waals surface area (Å²) < 4.78 is 57.0. The largest absolute Gasteiger partial charge is 0.494 e. The summed E-state index contributed by atoms with van der Waals surface area (Å²) in [5.41, 5.74) is 1.04. The van der Waals surface area contributed by atoms with Crippen LogP contribution < -0.4 is 14.4 Å². The number of benzene rings is 3. The molecule has 3 aromatic rings. The maximum Gasteiger partial charge on any atom is 0.264 e. The van der Waals surface area contributed by atoms with Crippen molar-refractivity contribution in [1.82, 2.24) is 5.32 Å². The van der Waals surface area contributed by atoms with Gasteiger partial charge in [0.05, 0.1) is 28.1 Å². The van der Waals surface area contributed by atoms with Crippen molar-refractivity contribution in [2.24, 2.45) is 0 Å². The van der Waals surface area contributed by atoms with E-state index in [-0.39, 0.29) is 9.79 Å². The van der Waals surface area contributed by atoms with E-state index in [1.807, 2.05) is 13.8 Å². The van der Waals surface area contributed by atoms with E-state index in [9.17, 15) is 21.6 Å². The zero-order valence-corrected chi connectivity index (χ0v) is 22.1. The zero-order valence-electron chi connectivity index (χ0n) is 20.4. The Kier molecular flexibility index (Phi) is 8.75. The van der Waals surface area contributed by atoms with Crippen LogP contribution >= 0.6 is 0 Å². The number of nitrogens with one attached hydrogen (secondary N) is 1. The number of hydrogen-bond donors (Lipinski definition) is 1. The van der Waals surface area contributed by atoms with E-state index in [0.717, 1.165) is 16.1 Å². The minimum absolute atomic E-state index is 0.0649. The molecule has 10 heteroatoms. The molecule has 0 aliphatic carbocycles. The Labute approximate surface area is 212 Å². The smallest absolute Gasteiger partial charge is 0.264 e. The van der Waals surface area contributed by atoms with Gasteiger partial charge in [0.25, 0.3) is 10.0 Å². The molecule has 0 radical (unpaired) electrons. The highest BCUT2D eigenvalue weighted by Crippen LogP contribution is 2.26. The number of carbonyl (C=O) groups excluding carboxylic acids is 1. The molecule has 1 atom stereocenters. The van der Waals surface area contributed by atoms with Gasteiger partial charge in [0, 0.05) is 6.26 Å². The van der Waals surface area contributed by atoms with Gasteiger partial charge in [-0.05, 0) is 67.4 Å². The molecule has 0 heterocycles. The van der Waals surface area contributed by atoms with Crippen LogP contribution in [0.1, 0.15) is 31.9 Å². The van der Waals surface area contributed by atoms with Crippen LogP contribution in [0.25, 0.3) is 0 Å². The van der Waals surface area contributed by atoms with Gasteiger partial charge in [0.1, 0.15) is 12.3 Å². The average Bonchev–Trinajstić information content (AvgIpc) is 2.86. The second-order valence-corrected chi connectivity index (χ2v) is 12.0. The van der Waals surface area contributed by atoms with Gasteiger partial charge in [0.15, 0.2) is 9.84 Å². The van der Waals surface area contributed by atoms with E-state index in [4.69, 9.17) is 4.74 Å². The number of sulfone groups is 1. The van der Waals surface area contributed by atoms with Gasteiger partial charge >= 0.3 is 0 Å². The first-order chi connectivity index (χ1) is 17.1. The summed E-state index contributed by atoms with van der Waals surface area (Å²) in [5, 5.41) is 2.88. The minimum atomic E-state index is -4.04. The molecule has 0 saturated carbocycles. The van der Waals surface area contributed by atoms with E-state index in [2.05, 4.69) is 5.32 Å². The molecule has 3 rings (SSSR count). The lowest BCUT2D eigenvalue weighted by Gasteiger charge is -2.26. The maximum absolute atomic E-state index is 13.5. The lowest BCUT2D eigenvalue weighted by atomic mass is 10.0. The molecule has 1 N–H and O–H groups in total. The molecule has 1 unspecified atom stereocenters. The van der Waals surface area contributed by atoms with Crippen LogP contribution in [0.2, 0.25) is 0 Å². The number of ether oxygens (including phenoxy) is 1. The Morgan fingerprint density at radius 3 is 2.00 bits per heavy atom.